The summed E-state index contributed by atoms with van der Waals surface area (Å²) < 4.78 is 0.787. The van der Waals surface area contributed by atoms with Crippen LogP contribution in [-0.2, 0) is 0 Å². The Morgan fingerprint density at radius 2 is 2.10 bits per heavy atom. The van der Waals surface area contributed by atoms with Crippen molar-refractivity contribution in [3.8, 4) is 0 Å². The molecule has 1 amide bonds. The number of hydrogen-bond donors (Lipinski definition) is 1. The van der Waals surface area contributed by atoms with Crippen LogP contribution in [0.15, 0.2) is 33.8 Å². The van der Waals surface area contributed by atoms with Crippen LogP contribution in [0.3, 0.4) is 0 Å². The first-order chi connectivity index (χ1) is 9.37. The maximum absolute atomic E-state index is 12.1. The molecule has 1 atom stereocenters. The van der Waals surface area contributed by atoms with Crippen LogP contribution in [-0.4, -0.2) is 11.6 Å². The monoisotopic (exact) mass is 336 g/mol. The Labute approximate surface area is 129 Å². The van der Waals surface area contributed by atoms with E-state index in [0.717, 1.165) is 23.0 Å². The third kappa shape index (κ3) is 3.92. The Hall–Kier alpha value is -1.16. The highest BCUT2D eigenvalue weighted by atomic mass is 79.9. The van der Waals surface area contributed by atoms with Crippen LogP contribution >= 0.6 is 15.9 Å². The van der Waals surface area contributed by atoms with Gasteiger partial charge in [-0.3, -0.25) is 4.79 Å². The standard InChI is InChI=1S/C16H21BrN2O/c1-11-8-12(10-16(2,3)9-11)18-19-15(20)13-6-4-5-7-14(13)17/h4-7,11H,8-10H2,1-3H3,(H,19,20)/b18-12-/t11-/m0/s1. The molecule has 2 rings (SSSR count). The fourth-order valence-electron chi connectivity index (χ4n) is 3.04. The van der Waals surface area contributed by atoms with Crippen LogP contribution in [0.4, 0.5) is 0 Å². The average molecular weight is 337 g/mol. The molecule has 0 heterocycles. The second-order valence-corrected chi connectivity index (χ2v) is 7.31. The summed E-state index contributed by atoms with van der Waals surface area (Å²) in [7, 11) is 0. The number of nitrogens with zero attached hydrogens (tertiary/aromatic N) is 1. The first kappa shape index (κ1) is 15.2. The van der Waals surface area contributed by atoms with E-state index in [2.05, 4.69) is 47.2 Å². The minimum absolute atomic E-state index is 0.166. The Morgan fingerprint density at radius 3 is 2.75 bits per heavy atom. The third-order valence-electron chi connectivity index (χ3n) is 3.60. The molecule has 1 aromatic rings. The highest BCUT2D eigenvalue weighted by Crippen LogP contribution is 2.36. The highest BCUT2D eigenvalue weighted by molar-refractivity contribution is 9.10. The number of carbonyl (C=O) groups is 1. The maximum atomic E-state index is 12.1. The van der Waals surface area contributed by atoms with Crippen LogP contribution in [0.1, 0.15) is 50.4 Å². The second kappa shape index (κ2) is 6.08. The van der Waals surface area contributed by atoms with E-state index in [0.29, 0.717) is 11.5 Å². The van der Waals surface area contributed by atoms with Gasteiger partial charge in [-0.15, -0.1) is 0 Å². The predicted molar refractivity (Wildman–Crippen MR) is 85.8 cm³/mol. The van der Waals surface area contributed by atoms with Crippen molar-refractivity contribution in [2.45, 2.75) is 40.0 Å². The molecule has 0 spiro atoms. The lowest BCUT2D eigenvalue weighted by Gasteiger charge is -2.34. The fraction of sp³-hybridized carbons (Fsp3) is 0.500. The van der Waals surface area contributed by atoms with Gasteiger partial charge >= 0.3 is 0 Å². The average Bonchev–Trinajstić information content (AvgIpc) is 2.34. The molecule has 108 valence electrons. The van der Waals surface area contributed by atoms with E-state index >= 15 is 0 Å². The van der Waals surface area contributed by atoms with Gasteiger partial charge in [-0.1, -0.05) is 32.9 Å². The van der Waals surface area contributed by atoms with Gasteiger partial charge in [-0.2, -0.15) is 5.10 Å². The number of benzene rings is 1. The van der Waals surface area contributed by atoms with Gasteiger partial charge in [0.1, 0.15) is 0 Å². The summed E-state index contributed by atoms with van der Waals surface area (Å²) in [6, 6.07) is 7.37. The fourth-order valence-corrected chi connectivity index (χ4v) is 3.50. The summed E-state index contributed by atoms with van der Waals surface area (Å²) in [6.45, 7) is 6.76. The lowest BCUT2D eigenvalue weighted by Crippen LogP contribution is -2.30. The van der Waals surface area contributed by atoms with Crippen LogP contribution in [0.5, 0.6) is 0 Å². The van der Waals surface area contributed by atoms with Gasteiger partial charge in [0, 0.05) is 10.2 Å². The molecule has 1 fully saturated rings. The van der Waals surface area contributed by atoms with Gasteiger partial charge < -0.3 is 0 Å². The first-order valence-corrected chi connectivity index (χ1v) is 7.77. The molecule has 0 radical (unpaired) electrons. The zero-order valence-electron chi connectivity index (χ0n) is 12.2. The molecule has 4 heteroatoms. The minimum Gasteiger partial charge on any atom is -0.267 e. The molecule has 0 aliphatic heterocycles. The molecule has 0 saturated heterocycles. The number of hydrazone groups is 1. The van der Waals surface area contributed by atoms with E-state index in [4.69, 9.17) is 0 Å². The van der Waals surface area contributed by atoms with Gasteiger partial charge in [0.15, 0.2) is 0 Å². The van der Waals surface area contributed by atoms with Crippen molar-refractivity contribution in [3.63, 3.8) is 0 Å². The zero-order valence-corrected chi connectivity index (χ0v) is 13.8. The minimum atomic E-state index is -0.166. The third-order valence-corrected chi connectivity index (χ3v) is 4.29. The number of amides is 1. The molecule has 0 aromatic heterocycles. The van der Waals surface area contributed by atoms with Crippen molar-refractivity contribution in [2.75, 3.05) is 0 Å². The topological polar surface area (TPSA) is 41.5 Å². The summed E-state index contributed by atoms with van der Waals surface area (Å²) in [5.74, 6) is 0.457. The van der Waals surface area contributed by atoms with Crippen LogP contribution in [0.2, 0.25) is 0 Å². The Bertz CT molecular complexity index is 537. The van der Waals surface area contributed by atoms with Crippen molar-refractivity contribution in [1.29, 1.82) is 0 Å². The second-order valence-electron chi connectivity index (χ2n) is 6.45. The number of rotatable bonds is 2. The molecule has 1 N–H and O–H groups in total. The summed E-state index contributed by atoms with van der Waals surface area (Å²) in [5, 5.41) is 4.34. The summed E-state index contributed by atoms with van der Waals surface area (Å²) in [6.07, 6.45) is 3.14. The van der Waals surface area contributed by atoms with E-state index in [-0.39, 0.29) is 11.3 Å². The van der Waals surface area contributed by atoms with Crippen LogP contribution < -0.4 is 5.43 Å². The van der Waals surface area contributed by atoms with Crippen molar-refractivity contribution < 1.29 is 4.79 Å². The molecule has 1 saturated carbocycles. The zero-order chi connectivity index (χ0) is 14.8. The van der Waals surface area contributed by atoms with Gasteiger partial charge in [-0.25, -0.2) is 5.43 Å². The maximum Gasteiger partial charge on any atom is 0.272 e. The quantitative estimate of drug-likeness (QED) is 0.800. The van der Waals surface area contributed by atoms with Gasteiger partial charge in [0.2, 0.25) is 0 Å². The van der Waals surface area contributed by atoms with E-state index in [9.17, 15) is 4.79 Å². The van der Waals surface area contributed by atoms with E-state index in [1.165, 1.54) is 6.42 Å². The molecule has 0 bridgehead atoms. The molecule has 3 nitrogen and oxygen atoms in total. The molecule has 0 unspecified atom stereocenters. The van der Waals surface area contributed by atoms with Gasteiger partial charge in [-0.05, 0) is 58.7 Å². The summed E-state index contributed by atoms with van der Waals surface area (Å²) >= 11 is 3.38. The van der Waals surface area contributed by atoms with E-state index in [1.807, 2.05) is 18.2 Å². The van der Waals surface area contributed by atoms with Gasteiger partial charge in [0.25, 0.3) is 5.91 Å². The predicted octanol–water partition coefficient (Wildman–Crippen LogP) is 4.38. The van der Waals surface area contributed by atoms with Crippen molar-refractivity contribution in [1.82, 2.24) is 5.43 Å². The number of hydrogen-bond acceptors (Lipinski definition) is 2. The Balaban J connectivity index is 2.06. The lowest BCUT2D eigenvalue weighted by atomic mass is 9.72. The number of carbonyl (C=O) groups excluding carboxylic acids is 1. The highest BCUT2D eigenvalue weighted by Gasteiger charge is 2.29. The summed E-state index contributed by atoms with van der Waals surface area (Å²) in [4.78, 5) is 12.1. The molecular weight excluding hydrogens is 316 g/mol. The molecule has 1 aromatic carbocycles. The smallest absolute Gasteiger partial charge is 0.267 e. The molecule has 20 heavy (non-hydrogen) atoms. The largest absolute Gasteiger partial charge is 0.272 e. The number of nitrogens with one attached hydrogen (secondary N) is 1. The molecule has 1 aliphatic carbocycles. The van der Waals surface area contributed by atoms with Crippen molar-refractivity contribution in [2.24, 2.45) is 16.4 Å². The van der Waals surface area contributed by atoms with E-state index in [1.54, 1.807) is 6.07 Å². The lowest BCUT2D eigenvalue weighted by molar-refractivity contribution is 0.0953. The van der Waals surface area contributed by atoms with Crippen LogP contribution in [0, 0.1) is 11.3 Å². The Morgan fingerprint density at radius 1 is 1.40 bits per heavy atom. The first-order valence-electron chi connectivity index (χ1n) is 6.98. The van der Waals surface area contributed by atoms with Crippen LogP contribution in [0.25, 0.3) is 0 Å². The van der Waals surface area contributed by atoms with Crippen molar-refractivity contribution in [3.05, 3.63) is 34.3 Å². The Kier molecular flexibility index (Phi) is 4.63. The SMILES string of the molecule is C[C@H]1C/C(=N/NC(=O)c2ccccc2Br)CC(C)(C)C1. The summed E-state index contributed by atoms with van der Waals surface area (Å²) in [5.41, 5.74) is 4.66. The van der Waals surface area contributed by atoms with Crippen molar-refractivity contribution >= 4 is 27.5 Å². The van der Waals surface area contributed by atoms with E-state index < -0.39 is 0 Å². The molecule has 1 aliphatic rings. The molecular formula is C16H21BrN2O. The number of halogens is 1. The normalized spacial score (nSPS) is 23.6. The van der Waals surface area contributed by atoms with Gasteiger partial charge in [0.05, 0.1) is 5.56 Å².